The maximum atomic E-state index is 12.8. The Bertz CT molecular complexity index is 1070. The molecule has 3 rings (SSSR count). The number of hydrogen-bond acceptors (Lipinski definition) is 6. The Morgan fingerprint density at radius 1 is 1.14 bits per heavy atom. The van der Waals surface area contributed by atoms with E-state index in [0.29, 0.717) is 36.1 Å². The van der Waals surface area contributed by atoms with Gasteiger partial charge in [-0.15, -0.1) is 0 Å². The number of H-pyrrole nitrogens is 1. The van der Waals surface area contributed by atoms with Gasteiger partial charge in [0.2, 0.25) is 5.91 Å². The van der Waals surface area contributed by atoms with Crippen LogP contribution in [0.15, 0.2) is 34.2 Å². The third-order valence-corrected chi connectivity index (χ3v) is 5.46. The van der Waals surface area contributed by atoms with Gasteiger partial charge in [-0.25, -0.2) is 15.0 Å². The Morgan fingerprint density at radius 3 is 2.48 bits per heavy atom. The maximum absolute atomic E-state index is 12.8. The Morgan fingerprint density at radius 2 is 1.83 bits per heavy atom. The van der Waals surface area contributed by atoms with Gasteiger partial charge < -0.3 is 9.88 Å². The summed E-state index contributed by atoms with van der Waals surface area (Å²) in [5.74, 6) is 0.500. The summed E-state index contributed by atoms with van der Waals surface area (Å²) in [5, 5.41) is 1.29. The minimum atomic E-state index is -0.189. The van der Waals surface area contributed by atoms with Gasteiger partial charge in [-0.1, -0.05) is 23.9 Å². The van der Waals surface area contributed by atoms with E-state index in [2.05, 4.69) is 19.9 Å². The van der Waals surface area contributed by atoms with Gasteiger partial charge in [-0.2, -0.15) is 0 Å². The molecule has 1 N–H and O–H groups in total. The molecule has 2 heterocycles. The Kier molecular flexibility index (Phi) is 6.64. The molecule has 8 heteroatoms. The fraction of sp³-hybridized carbons (Fsp3) is 0.381. The van der Waals surface area contributed by atoms with Crippen molar-refractivity contribution in [3.05, 3.63) is 57.4 Å². The van der Waals surface area contributed by atoms with E-state index in [1.54, 1.807) is 23.1 Å². The summed E-state index contributed by atoms with van der Waals surface area (Å²) in [6, 6.07) is 7.19. The first-order valence-corrected chi connectivity index (χ1v) is 10.8. The number of para-hydroxylation sites is 1. The lowest BCUT2D eigenvalue weighted by Gasteiger charge is -2.21. The lowest BCUT2D eigenvalue weighted by molar-refractivity contribution is -0.131. The predicted molar refractivity (Wildman–Crippen MR) is 115 cm³/mol. The minimum absolute atomic E-state index is 0.0102. The second kappa shape index (κ2) is 9.17. The number of aromatic amines is 1. The van der Waals surface area contributed by atoms with Crippen LogP contribution in [0, 0.1) is 13.8 Å². The van der Waals surface area contributed by atoms with Crippen LogP contribution in [0.1, 0.15) is 36.1 Å². The number of carbonyl (C=O) groups is 1. The summed E-state index contributed by atoms with van der Waals surface area (Å²) in [7, 11) is 0. The molecule has 0 bridgehead atoms. The highest BCUT2D eigenvalue weighted by molar-refractivity contribution is 7.98. The number of rotatable bonds is 7. The second-order valence-corrected chi connectivity index (χ2v) is 7.57. The topological polar surface area (TPSA) is 91.8 Å². The zero-order valence-corrected chi connectivity index (χ0v) is 18.0. The van der Waals surface area contributed by atoms with Gasteiger partial charge in [-0.3, -0.25) is 9.59 Å². The van der Waals surface area contributed by atoms with Crippen molar-refractivity contribution in [2.45, 2.75) is 45.3 Å². The van der Waals surface area contributed by atoms with E-state index < -0.39 is 0 Å². The predicted octanol–water partition coefficient (Wildman–Crippen LogP) is 3.03. The molecule has 3 aromatic rings. The first kappa shape index (κ1) is 21.0. The van der Waals surface area contributed by atoms with Crippen molar-refractivity contribution in [3.63, 3.8) is 0 Å². The summed E-state index contributed by atoms with van der Waals surface area (Å²) in [6.07, 6.45) is 2.89. The van der Waals surface area contributed by atoms with Crippen molar-refractivity contribution < 1.29 is 4.79 Å². The number of amides is 1. The lowest BCUT2D eigenvalue weighted by Crippen LogP contribution is -2.32. The monoisotopic (exact) mass is 411 g/mol. The van der Waals surface area contributed by atoms with Crippen molar-refractivity contribution in [3.8, 4) is 0 Å². The number of benzene rings is 1. The van der Waals surface area contributed by atoms with Crippen LogP contribution >= 0.6 is 11.8 Å². The van der Waals surface area contributed by atoms with Crippen molar-refractivity contribution >= 4 is 28.6 Å². The largest absolute Gasteiger partial charge is 0.335 e. The molecule has 0 spiro atoms. The number of nitrogens with one attached hydrogen (secondary N) is 1. The van der Waals surface area contributed by atoms with E-state index in [1.165, 1.54) is 11.8 Å². The molecule has 2 aromatic heterocycles. The van der Waals surface area contributed by atoms with E-state index >= 15 is 0 Å². The highest BCUT2D eigenvalue weighted by Gasteiger charge is 2.16. The van der Waals surface area contributed by atoms with Gasteiger partial charge in [0.1, 0.15) is 5.82 Å². The van der Waals surface area contributed by atoms with Crippen LogP contribution < -0.4 is 5.56 Å². The fourth-order valence-electron chi connectivity index (χ4n) is 3.32. The SMILES string of the molecule is CCN(Cc1nc2ccccc2c(=O)[nH]1)C(=O)CCc1c(C)nc(SC)nc1C. The fourth-order valence-corrected chi connectivity index (χ4v) is 3.78. The van der Waals surface area contributed by atoms with E-state index in [0.717, 1.165) is 22.1 Å². The van der Waals surface area contributed by atoms with Crippen LogP contribution in [0.4, 0.5) is 0 Å². The number of thioether (sulfide) groups is 1. The summed E-state index contributed by atoms with van der Waals surface area (Å²) in [6.45, 7) is 6.64. The zero-order chi connectivity index (χ0) is 21.0. The molecule has 29 heavy (non-hydrogen) atoms. The van der Waals surface area contributed by atoms with Crippen LogP contribution in [-0.4, -0.2) is 43.5 Å². The number of fused-ring (bicyclic) bond motifs is 1. The molecule has 1 aromatic carbocycles. The summed E-state index contributed by atoms with van der Waals surface area (Å²) in [5.41, 5.74) is 3.29. The highest BCUT2D eigenvalue weighted by Crippen LogP contribution is 2.18. The second-order valence-electron chi connectivity index (χ2n) is 6.80. The standard InChI is InChI=1S/C21H25N5O2S/c1-5-26(12-18-24-17-9-7-6-8-16(17)20(28)25-18)19(27)11-10-15-13(2)22-21(29-4)23-14(15)3/h6-9H,5,10-12H2,1-4H3,(H,24,25,28). The average Bonchev–Trinajstić information content (AvgIpc) is 2.71. The number of nitrogens with zero attached hydrogens (tertiary/aromatic N) is 4. The minimum Gasteiger partial charge on any atom is -0.335 e. The first-order chi connectivity index (χ1) is 13.9. The molecule has 0 radical (unpaired) electrons. The van der Waals surface area contributed by atoms with Crippen LogP contribution in [0.5, 0.6) is 0 Å². The van der Waals surface area contributed by atoms with Crippen LogP contribution in [0.2, 0.25) is 0 Å². The quantitative estimate of drug-likeness (QED) is 0.475. The van der Waals surface area contributed by atoms with Gasteiger partial charge in [0.25, 0.3) is 5.56 Å². The molecular formula is C21H25N5O2S. The van der Waals surface area contributed by atoms with Crippen molar-refractivity contribution in [2.75, 3.05) is 12.8 Å². The molecule has 0 unspecified atom stereocenters. The molecule has 0 saturated heterocycles. The highest BCUT2D eigenvalue weighted by atomic mass is 32.2. The molecule has 0 atom stereocenters. The first-order valence-electron chi connectivity index (χ1n) is 9.56. The smallest absolute Gasteiger partial charge is 0.258 e. The summed E-state index contributed by atoms with van der Waals surface area (Å²) < 4.78 is 0. The van der Waals surface area contributed by atoms with Gasteiger partial charge in [0.15, 0.2) is 5.16 Å². The van der Waals surface area contributed by atoms with Crippen molar-refractivity contribution in [1.82, 2.24) is 24.8 Å². The van der Waals surface area contributed by atoms with E-state index in [9.17, 15) is 9.59 Å². The molecule has 0 aliphatic heterocycles. The third-order valence-electron chi connectivity index (χ3n) is 4.91. The molecule has 0 fully saturated rings. The lowest BCUT2D eigenvalue weighted by atomic mass is 10.1. The number of aryl methyl sites for hydroxylation is 2. The molecule has 152 valence electrons. The third kappa shape index (κ3) is 4.82. The molecule has 0 saturated carbocycles. The molecule has 1 amide bonds. The Hall–Kier alpha value is -2.74. The number of aromatic nitrogens is 4. The summed E-state index contributed by atoms with van der Waals surface area (Å²) >= 11 is 1.51. The normalized spacial score (nSPS) is 11.0. The zero-order valence-electron chi connectivity index (χ0n) is 17.2. The van der Waals surface area contributed by atoms with Gasteiger partial charge in [0, 0.05) is 24.4 Å². The van der Waals surface area contributed by atoms with Crippen LogP contribution in [0.3, 0.4) is 0 Å². The summed E-state index contributed by atoms with van der Waals surface area (Å²) in [4.78, 5) is 43.0. The van der Waals surface area contributed by atoms with E-state index in [-0.39, 0.29) is 18.0 Å². The number of carbonyl (C=O) groups excluding carboxylic acids is 1. The molecular weight excluding hydrogens is 386 g/mol. The number of hydrogen-bond donors (Lipinski definition) is 1. The van der Waals surface area contributed by atoms with Gasteiger partial charge in [-0.05, 0) is 51.1 Å². The van der Waals surface area contributed by atoms with Gasteiger partial charge in [0.05, 0.1) is 17.4 Å². The van der Waals surface area contributed by atoms with Gasteiger partial charge >= 0.3 is 0 Å². The maximum Gasteiger partial charge on any atom is 0.258 e. The van der Waals surface area contributed by atoms with Crippen LogP contribution in [-0.2, 0) is 17.8 Å². The molecule has 7 nitrogen and oxygen atoms in total. The van der Waals surface area contributed by atoms with Crippen molar-refractivity contribution in [2.24, 2.45) is 0 Å². The van der Waals surface area contributed by atoms with Crippen LogP contribution in [0.25, 0.3) is 10.9 Å². The van der Waals surface area contributed by atoms with E-state index in [1.807, 2.05) is 33.1 Å². The molecule has 0 aliphatic carbocycles. The molecule has 0 aliphatic rings. The van der Waals surface area contributed by atoms with Crippen molar-refractivity contribution in [1.29, 1.82) is 0 Å². The average molecular weight is 412 g/mol. The Balaban J connectivity index is 1.72. The van der Waals surface area contributed by atoms with E-state index in [4.69, 9.17) is 0 Å². The Labute approximate surface area is 174 Å².